The van der Waals surface area contributed by atoms with Crippen LogP contribution >= 0.6 is 11.6 Å². The monoisotopic (exact) mass is 181 g/mol. The Morgan fingerprint density at radius 1 is 1.58 bits per heavy atom. The van der Waals surface area contributed by atoms with E-state index in [4.69, 9.17) is 19.4 Å². The summed E-state index contributed by atoms with van der Waals surface area (Å²) < 4.78 is 14.1. The van der Waals surface area contributed by atoms with E-state index < -0.39 is 5.82 Å². The second-order valence-corrected chi connectivity index (χ2v) is 2.58. The van der Waals surface area contributed by atoms with E-state index in [-0.39, 0.29) is 16.4 Å². The number of fused-ring (bicyclic) bond motifs is 1. The summed E-state index contributed by atoms with van der Waals surface area (Å²) in [5.41, 5.74) is 0.420. The lowest BCUT2D eigenvalue weighted by Crippen LogP contribution is -2.12. The Bertz CT molecular complexity index is 442. The molecule has 2 radical (unpaired) electrons. The van der Waals surface area contributed by atoms with Gasteiger partial charge in [-0.1, -0.05) is 0 Å². The van der Waals surface area contributed by atoms with Gasteiger partial charge in [0, 0.05) is 0 Å². The van der Waals surface area contributed by atoms with Crippen LogP contribution in [-0.2, 0) is 0 Å². The van der Waals surface area contributed by atoms with Crippen molar-refractivity contribution in [1.29, 1.82) is 0 Å². The summed E-state index contributed by atoms with van der Waals surface area (Å²) in [5, 5.41) is 3.73. The highest BCUT2D eigenvalue weighted by Gasteiger charge is 2.06. The fourth-order valence-corrected chi connectivity index (χ4v) is 1.08. The third-order valence-corrected chi connectivity index (χ3v) is 1.64. The second kappa shape index (κ2) is 2.45. The highest BCUT2D eigenvalue weighted by Crippen LogP contribution is 2.07. The molecule has 0 saturated heterocycles. The lowest BCUT2D eigenvalue weighted by Gasteiger charge is -1.95. The molecule has 0 aliphatic rings. The fourth-order valence-electron chi connectivity index (χ4n) is 0.956. The second-order valence-electron chi connectivity index (χ2n) is 2.24. The maximum atomic E-state index is 12.9. The normalized spacial score (nSPS) is 10.8. The summed E-state index contributed by atoms with van der Waals surface area (Å²) in [6.45, 7) is 0. The highest BCUT2D eigenvalue weighted by molar-refractivity contribution is 6.31. The Morgan fingerprint density at radius 3 is 3.08 bits per heavy atom. The predicted molar refractivity (Wildman–Crippen MR) is 43.3 cm³/mol. The van der Waals surface area contributed by atoms with Gasteiger partial charge in [-0.3, -0.25) is 0 Å². The first-order chi connectivity index (χ1) is 5.68. The van der Waals surface area contributed by atoms with Crippen molar-refractivity contribution in [3.63, 3.8) is 0 Å². The molecular formula is C6H2BClFN3. The van der Waals surface area contributed by atoms with Crippen molar-refractivity contribution in [2.24, 2.45) is 0 Å². The number of nitrogens with zero attached hydrogens (tertiary/aromatic N) is 3. The van der Waals surface area contributed by atoms with Crippen LogP contribution in [0.5, 0.6) is 0 Å². The molecule has 2 heterocycles. The van der Waals surface area contributed by atoms with Gasteiger partial charge in [-0.05, 0) is 23.3 Å². The highest BCUT2D eigenvalue weighted by atomic mass is 35.5. The molecule has 0 N–H and O–H groups in total. The van der Waals surface area contributed by atoms with Gasteiger partial charge in [-0.25, -0.2) is 13.9 Å². The molecule has 0 unspecified atom stereocenters. The van der Waals surface area contributed by atoms with Gasteiger partial charge in [0.25, 0.3) is 0 Å². The Labute approximate surface area is 73.6 Å². The van der Waals surface area contributed by atoms with Crippen LogP contribution in [0.15, 0.2) is 12.3 Å². The number of halogens is 2. The largest absolute Gasteiger partial charge is 0.241 e. The number of rotatable bonds is 0. The van der Waals surface area contributed by atoms with Crippen molar-refractivity contribution in [1.82, 2.24) is 14.6 Å². The minimum Gasteiger partial charge on any atom is -0.241 e. The van der Waals surface area contributed by atoms with Crippen LogP contribution in [0.2, 0.25) is 5.28 Å². The quantitative estimate of drug-likeness (QED) is 0.548. The number of hydrogen-bond donors (Lipinski definition) is 0. The summed E-state index contributed by atoms with van der Waals surface area (Å²) in [4.78, 5) is 3.62. The summed E-state index contributed by atoms with van der Waals surface area (Å²) in [5.74, 6) is -0.454. The molecule has 6 heteroatoms. The molecule has 58 valence electrons. The van der Waals surface area contributed by atoms with E-state index in [1.807, 2.05) is 0 Å². The Hall–Kier alpha value is -1.10. The van der Waals surface area contributed by atoms with Gasteiger partial charge < -0.3 is 0 Å². The molecule has 3 nitrogen and oxygen atoms in total. The number of hydrogen-bond acceptors (Lipinski definition) is 2. The zero-order chi connectivity index (χ0) is 8.72. The van der Waals surface area contributed by atoms with Crippen LogP contribution in [-0.4, -0.2) is 22.4 Å². The van der Waals surface area contributed by atoms with Crippen molar-refractivity contribution >= 4 is 30.6 Å². The van der Waals surface area contributed by atoms with Crippen molar-refractivity contribution in [2.45, 2.75) is 0 Å². The summed E-state index contributed by atoms with van der Waals surface area (Å²) in [6, 6.07) is 1.17. The third-order valence-electron chi connectivity index (χ3n) is 1.47. The average Bonchev–Trinajstić information content (AvgIpc) is 2.28. The molecular weight excluding hydrogens is 179 g/mol. The van der Waals surface area contributed by atoms with Crippen molar-refractivity contribution in [3.8, 4) is 0 Å². The van der Waals surface area contributed by atoms with Crippen molar-refractivity contribution < 1.29 is 4.39 Å². The topological polar surface area (TPSA) is 30.2 Å². The minimum atomic E-state index is -0.454. The van der Waals surface area contributed by atoms with Crippen LogP contribution in [0.25, 0.3) is 5.52 Å². The molecule has 2 rings (SSSR count). The third kappa shape index (κ3) is 0.974. The molecule has 0 amide bonds. The first-order valence-electron chi connectivity index (χ1n) is 3.14. The van der Waals surface area contributed by atoms with E-state index >= 15 is 0 Å². The van der Waals surface area contributed by atoms with Gasteiger partial charge >= 0.3 is 0 Å². The lowest BCUT2D eigenvalue weighted by molar-refractivity contribution is 0.638. The minimum absolute atomic E-state index is 0.0322. The van der Waals surface area contributed by atoms with Crippen molar-refractivity contribution in [3.05, 3.63) is 23.4 Å². The standard InChI is InChI=1S/C6H2BClFN3/c7-5-1-3(9)4-2-10-6(8)11-12(4)5/h1-2H. The van der Waals surface area contributed by atoms with Crippen LogP contribution in [0.1, 0.15) is 0 Å². The molecule has 0 bridgehead atoms. The Balaban J connectivity index is 2.90. The molecule has 12 heavy (non-hydrogen) atoms. The van der Waals surface area contributed by atoms with Crippen LogP contribution in [0.4, 0.5) is 4.39 Å². The summed E-state index contributed by atoms with van der Waals surface area (Å²) in [7, 11) is 5.42. The molecule has 2 aromatic heterocycles. The van der Waals surface area contributed by atoms with E-state index in [1.165, 1.54) is 16.8 Å². The molecule has 0 aromatic carbocycles. The van der Waals surface area contributed by atoms with E-state index in [9.17, 15) is 4.39 Å². The molecule has 2 aromatic rings. The van der Waals surface area contributed by atoms with Gasteiger partial charge in [-0.15, -0.1) is 5.10 Å². The van der Waals surface area contributed by atoms with Gasteiger partial charge in [0.05, 0.1) is 6.20 Å². The fraction of sp³-hybridized carbons (Fsp3) is 0. The van der Waals surface area contributed by atoms with E-state index in [0.717, 1.165) is 0 Å². The van der Waals surface area contributed by atoms with Gasteiger partial charge in [0.15, 0.2) is 5.82 Å². The van der Waals surface area contributed by atoms with Crippen LogP contribution in [0, 0.1) is 5.82 Å². The van der Waals surface area contributed by atoms with Crippen LogP contribution in [0.3, 0.4) is 0 Å². The Kier molecular flexibility index (Phi) is 1.54. The molecule has 0 aliphatic heterocycles. The van der Waals surface area contributed by atoms with E-state index in [2.05, 4.69) is 10.1 Å². The molecule has 0 aliphatic carbocycles. The van der Waals surface area contributed by atoms with Gasteiger partial charge in [-0.2, -0.15) is 0 Å². The number of aromatic nitrogens is 3. The SMILES string of the molecule is [B]c1cc(F)c2cnc(Cl)nn12. The molecule has 0 spiro atoms. The van der Waals surface area contributed by atoms with Crippen LogP contribution < -0.4 is 5.59 Å². The maximum absolute atomic E-state index is 12.9. The first kappa shape index (κ1) is 7.55. The molecule has 0 atom stereocenters. The van der Waals surface area contributed by atoms with Gasteiger partial charge in [0.1, 0.15) is 13.4 Å². The Morgan fingerprint density at radius 2 is 2.33 bits per heavy atom. The predicted octanol–water partition coefficient (Wildman–Crippen LogP) is 0.316. The zero-order valence-corrected chi connectivity index (χ0v) is 6.59. The first-order valence-corrected chi connectivity index (χ1v) is 3.51. The maximum Gasteiger partial charge on any atom is 0.241 e. The van der Waals surface area contributed by atoms with E-state index in [0.29, 0.717) is 0 Å². The average molecular weight is 181 g/mol. The van der Waals surface area contributed by atoms with Crippen molar-refractivity contribution in [2.75, 3.05) is 0 Å². The summed E-state index contributed by atoms with van der Waals surface area (Å²) >= 11 is 5.48. The summed E-state index contributed by atoms with van der Waals surface area (Å²) in [6.07, 6.45) is 1.28. The molecule has 0 fully saturated rings. The molecule has 0 saturated carbocycles. The van der Waals surface area contributed by atoms with E-state index in [1.54, 1.807) is 0 Å². The lowest BCUT2D eigenvalue weighted by atomic mass is 10.1. The smallest absolute Gasteiger partial charge is 0.241 e. The zero-order valence-electron chi connectivity index (χ0n) is 5.83. The van der Waals surface area contributed by atoms with Gasteiger partial charge in [0.2, 0.25) is 5.28 Å².